The van der Waals surface area contributed by atoms with Gasteiger partial charge < -0.3 is 9.47 Å². The number of thiophene rings is 1. The Hall–Kier alpha value is -1.85. The van der Waals surface area contributed by atoms with Crippen molar-refractivity contribution in [1.29, 1.82) is 0 Å². The van der Waals surface area contributed by atoms with Gasteiger partial charge in [-0.2, -0.15) is 0 Å². The smallest absolute Gasteiger partial charge is 0.313 e. The van der Waals surface area contributed by atoms with Crippen molar-refractivity contribution < 1.29 is 19.1 Å². The summed E-state index contributed by atoms with van der Waals surface area (Å²) < 4.78 is 10.7. The minimum Gasteiger partial charge on any atom is -0.492 e. The van der Waals surface area contributed by atoms with Crippen LogP contribution in [-0.4, -0.2) is 25.0 Å². The zero-order chi connectivity index (χ0) is 16.4. The van der Waals surface area contributed by atoms with Crippen LogP contribution in [0.25, 0.3) is 0 Å². The van der Waals surface area contributed by atoms with Crippen molar-refractivity contribution >= 4 is 34.7 Å². The number of benzene rings is 1. The summed E-state index contributed by atoms with van der Waals surface area (Å²) in [5, 5.41) is 0.601. The monoisotopic (exact) mass is 350 g/mol. The highest BCUT2D eigenvalue weighted by Crippen LogP contribution is 2.30. The van der Waals surface area contributed by atoms with Crippen LogP contribution in [0.3, 0.4) is 0 Å². The summed E-state index contributed by atoms with van der Waals surface area (Å²) >= 11 is 7.36. The molecule has 2 aromatic rings. The molecule has 1 aliphatic heterocycles. The van der Waals surface area contributed by atoms with Gasteiger partial charge in [0.15, 0.2) is 6.61 Å². The van der Waals surface area contributed by atoms with E-state index in [0.717, 1.165) is 16.2 Å². The Morgan fingerprint density at radius 3 is 2.91 bits per heavy atom. The lowest BCUT2D eigenvalue weighted by Gasteiger charge is -2.24. The zero-order valence-corrected chi connectivity index (χ0v) is 14.1. The van der Waals surface area contributed by atoms with Gasteiger partial charge in [-0.05, 0) is 49.2 Å². The van der Waals surface area contributed by atoms with Crippen LogP contribution in [0.4, 0.5) is 0 Å². The van der Waals surface area contributed by atoms with Gasteiger partial charge in [0.25, 0.3) is 0 Å². The molecule has 3 rings (SSSR count). The maximum atomic E-state index is 12.1. The number of halogens is 1. The molecule has 0 aliphatic carbocycles. The third-order valence-electron chi connectivity index (χ3n) is 3.62. The second kappa shape index (κ2) is 6.72. The number of carbonyl (C=O) groups is 2. The first-order valence-corrected chi connectivity index (χ1v) is 8.40. The molecule has 0 amide bonds. The van der Waals surface area contributed by atoms with Gasteiger partial charge in [-0.1, -0.05) is 11.6 Å². The molecule has 0 saturated heterocycles. The first kappa shape index (κ1) is 16.0. The van der Waals surface area contributed by atoms with Crippen molar-refractivity contribution in [2.45, 2.75) is 13.3 Å². The van der Waals surface area contributed by atoms with E-state index in [1.54, 1.807) is 24.3 Å². The lowest BCUT2D eigenvalue weighted by atomic mass is 9.97. The fourth-order valence-corrected chi connectivity index (χ4v) is 3.41. The SMILES string of the molecule is Cc1ccc(C(=O)COC(=O)[C@H]2COc3ccc(Cl)cc3C2)s1. The first-order chi connectivity index (χ1) is 11.0. The molecule has 1 atom stereocenters. The molecule has 0 bridgehead atoms. The molecule has 4 nitrogen and oxygen atoms in total. The standard InChI is InChI=1S/C17H15ClO4S/c1-10-2-5-16(23-10)14(19)9-22-17(20)12-6-11-7-13(18)3-4-15(11)21-8-12/h2-5,7,12H,6,8-9H2,1H3/t12-/m1/s1. The Labute approximate surface area is 143 Å². The second-order valence-corrected chi connectivity index (χ2v) is 7.13. The van der Waals surface area contributed by atoms with Crippen molar-refractivity contribution in [1.82, 2.24) is 0 Å². The Morgan fingerprint density at radius 2 is 2.17 bits per heavy atom. The van der Waals surface area contributed by atoms with Crippen molar-refractivity contribution in [2.24, 2.45) is 5.92 Å². The summed E-state index contributed by atoms with van der Waals surface area (Å²) in [6, 6.07) is 8.95. The Bertz CT molecular complexity index is 753. The van der Waals surface area contributed by atoms with Crippen LogP contribution in [0, 0.1) is 12.8 Å². The Balaban J connectivity index is 1.58. The molecule has 0 unspecified atom stereocenters. The van der Waals surface area contributed by atoms with Crippen LogP contribution >= 0.6 is 22.9 Å². The van der Waals surface area contributed by atoms with E-state index >= 15 is 0 Å². The molecule has 0 fully saturated rings. The summed E-state index contributed by atoms with van der Waals surface area (Å²) in [7, 11) is 0. The van der Waals surface area contributed by atoms with Crippen LogP contribution in [0.15, 0.2) is 30.3 Å². The van der Waals surface area contributed by atoms with Crippen molar-refractivity contribution in [2.75, 3.05) is 13.2 Å². The van der Waals surface area contributed by atoms with E-state index in [0.29, 0.717) is 16.3 Å². The molecule has 2 heterocycles. The molecule has 1 aromatic heterocycles. The number of esters is 1. The van der Waals surface area contributed by atoms with Gasteiger partial charge in [-0.3, -0.25) is 9.59 Å². The maximum Gasteiger partial charge on any atom is 0.313 e. The number of ketones is 1. The molecule has 6 heteroatoms. The van der Waals surface area contributed by atoms with Crippen molar-refractivity contribution in [3.05, 3.63) is 50.7 Å². The predicted molar refractivity (Wildman–Crippen MR) is 88.5 cm³/mol. The highest BCUT2D eigenvalue weighted by atomic mass is 35.5. The predicted octanol–water partition coefficient (Wildman–Crippen LogP) is 3.69. The van der Waals surface area contributed by atoms with Gasteiger partial charge in [0, 0.05) is 9.90 Å². The van der Waals surface area contributed by atoms with Gasteiger partial charge in [0.2, 0.25) is 5.78 Å². The fraction of sp³-hybridized carbons (Fsp3) is 0.294. The quantitative estimate of drug-likeness (QED) is 0.623. The van der Waals surface area contributed by atoms with E-state index in [-0.39, 0.29) is 19.0 Å². The Morgan fingerprint density at radius 1 is 1.35 bits per heavy atom. The van der Waals surface area contributed by atoms with E-state index < -0.39 is 11.9 Å². The fourth-order valence-electron chi connectivity index (χ4n) is 2.42. The van der Waals surface area contributed by atoms with Crippen LogP contribution in [-0.2, 0) is 16.0 Å². The molecule has 0 N–H and O–H groups in total. The van der Waals surface area contributed by atoms with Crippen LogP contribution in [0.2, 0.25) is 5.02 Å². The van der Waals surface area contributed by atoms with Gasteiger partial charge in [0.1, 0.15) is 12.4 Å². The lowest BCUT2D eigenvalue weighted by molar-refractivity contribution is -0.148. The summed E-state index contributed by atoms with van der Waals surface area (Å²) in [6.07, 6.45) is 0.501. The van der Waals surface area contributed by atoms with E-state index in [1.165, 1.54) is 11.3 Å². The number of ether oxygens (including phenoxy) is 2. The minimum atomic E-state index is -0.419. The average Bonchev–Trinajstić information content (AvgIpc) is 2.98. The second-order valence-electron chi connectivity index (χ2n) is 5.41. The topological polar surface area (TPSA) is 52.6 Å². The average molecular weight is 351 g/mol. The number of rotatable bonds is 4. The van der Waals surface area contributed by atoms with Crippen LogP contribution in [0.1, 0.15) is 20.1 Å². The van der Waals surface area contributed by atoms with Gasteiger partial charge in [-0.25, -0.2) is 0 Å². The van der Waals surface area contributed by atoms with Gasteiger partial charge in [0.05, 0.1) is 10.8 Å². The first-order valence-electron chi connectivity index (χ1n) is 7.20. The van der Waals surface area contributed by atoms with E-state index in [9.17, 15) is 9.59 Å². The molecular formula is C17H15ClO4S. The van der Waals surface area contributed by atoms with Gasteiger partial charge >= 0.3 is 5.97 Å². The number of Topliss-reactive ketones (excluding diaryl/α,β-unsaturated/α-hetero) is 1. The summed E-state index contributed by atoms with van der Waals surface area (Å²) in [6.45, 7) is 1.94. The molecule has 120 valence electrons. The largest absolute Gasteiger partial charge is 0.492 e. The molecule has 0 spiro atoms. The van der Waals surface area contributed by atoms with Crippen molar-refractivity contribution in [3.63, 3.8) is 0 Å². The van der Waals surface area contributed by atoms with E-state index in [4.69, 9.17) is 21.1 Å². The zero-order valence-electron chi connectivity index (χ0n) is 12.5. The number of hydrogen-bond acceptors (Lipinski definition) is 5. The van der Waals surface area contributed by atoms with Crippen LogP contribution in [0.5, 0.6) is 5.75 Å². The summed E-state index contributed by atoms with van der Waals surface area (Å²) in [4.78, 5) is 25.8. The number of fused-ring (bicyclic) bond motifs is 1. The third-order valence-corrected chi connectivity index (χ3v) is 4.90. The molecule has 1 aromatic carbocycles. The third kappa shape index (κ3) is 3.74. The van der Waals surface area contributed by atoms with Crippen molar-refractivity contribution in [3.8, 4) is 5.75 Å². The van der Waals surface area contributed by atoms with Crippen LogP contribution < -0.4 is 4.74 Å². The molecule has 0 saturated carbocycles. The normalized spacial score (nSPS) is 16.3. The van der Waals surface area contributed by atoms with E-state index in [2.05, 4.69) is 0 Å². The highest BCUT2D eigenvalue weighted by Gasteiger charge is 2.28. The molecule has 0 radical (unpaired) electrons. The maximum absolute atomic E-state index is 12.1. The lowest BCUT2D eigenvalue weighted by Crippen LogP contribution is -2.30. The molecule has 23 heavy (non-hydrogen) atoms. The summed E-state index contributed by atoms with van der Waals surface area (Å²) in [5.41, 5.74) is 0.880. The number of aryl methyl sites for hydroxylation is 1. The van der Waals surface area contributed by atoms with E-state index in [1.807, 2.05) is 13.0 Å². The highest BCUT2D eigenvalue weighted by molar-refractivity contribution is 7.14. The molecular weight excluding hydrogens is 336 g/mol. The van der Waals surface area contributed by atoms with Gasteiger partial charge in [-0.15, -0.1) is 11.3 Å². The number of hydrogen-bond donors (Lipinski definition) is 0. The summed E-state index contributed by atoms with van der Waals surface area (Å²) in [5.74, 6) is -0.281. The minimum absolute atomic E-state index is 0.184. The Kier molecular flexibility index (Phi) is 4.68. The number of carbonyl (C=O) groups excluding carboxylic acids is 2. The molecule has 1 aliphatic rings.